The molecule has 110 valence electrons. The van der Waals surface area contributed by atoms with Crippen molar-refractivity contribution in [2.75, 3.05) is 20.2 Å². The Labute approximate surface area is 118 Å². The van der Waals surface area contributed by atoms with E-state index in [0.717, 1.165) is 31.5 Å². The van der Waals surface area contributed by atoms with Gasteiger partial charge in [-0.3, -0.25) is 4.79 Å². The van der Waals surface area contributed by atoms with E-state index in [1.807, 2.05) is 0 Å². The summed E-state index contributed by atoms with van der Waals surface area (Å²) in [6.07, 6.45) is 1.76. The molecule has 4 nitrogen and oxygen atoms in total. The monoisotopic (exact) mass is 280 g/mol. The maximum Gasteiger partial charge on any atom is 0.223 e. The van der Waals surface area contributed by atoms with Crippen molar-refractivity contribution < 1.29 is 13.9 Å². The van der Waals surface area contributed by atoms with Crippen LogP contribution in [0.4, 0.5) is 4.39 Å². The highest BCUT2D eigenvalue weighted by Gasteiger charge is 2.20. The summed E-state index contributed by atoms with van der Waals surface area (Å²) in [5, 5.41) is 6.16. The van der Waals surface area contributed by atoms with Crippen molar-refractivity contribution in [3.63, 3.8) is 0 Å². The molecule has 1 aromatic carbocycles. The van der Waals surface area contributed by atoms with E-state index in [0.29, 0.717) is 12.1 Å². The number of carbonyl (C=O) groups excluding carboxylic acids is 1. The number of carbonyl (C=O) groups is 1. The molecule has 0 radical (unpaired) electrons. The second kappa shape index (κ2) is 7.36. The highest BCUT2D eigenvalue weighted by atomic mass is 19.1. The van der Waals surface area contributed by atoms with Crippen molar-refractivity contribution in [1.29, 1.82) is 0 Å². The number of hydrogen-bond donors (Lipinski definition) is 2. The van der Waals surface area contributed by atoms with Gasteiger partial charge in [0.25, 0.3) is 0 Å². The summed E-state index contributed by atoms with van der Waals surface area (Å²) in [4.78, 5) is 12.0. The Morgan fingerprint density at radius 2 is 2.20 bits per heavy atom. The standard InChI is InChI=1S/C15H21FN2O2/c1-20-10-13-8-11(2-3-14(13)16)9-18-15(19)12-4-6-17-7-5-12/h2-3,8,12,17H,4-7,9-10H2,1H3,(H,18,19). The van der Waals surface area contributed by atoms with Crippen LogP contribution in [0, 0.1) is 11.7 Å². The van der Waals surface area contributed by atoms with E-state index in [4.69, 9.17) is 4.74 Å². The first kappa shape index (κ1) is 14.9. The topological polar surface area (TPSA) is 50.4 Å². The molecule has 1 aliphatic heterocycles. The number of halogens is 1. The zero-order chi connectivity index (χ0) is 14.4. The number of piperidine rings is 1. The third-order valence-electron chi connectivity index (χ3n) is 3.59. The van der Waals surface area contributed by atoms with Crippen molar-refractivity contribution in [2.45, 2.75) is 26.0 Å². The van der Waals surface area contributed by atoms with Crippen LogP contribution in [-0.4, -0.2) is 26.1 Å². The van der Waals surface area contributed by atoms with Crippen molar-refractivity contribution in [2.24, 2.45) is 5.92 Å². The van der Waals surface area contributed by atoms with Gasteiger partial charge in [0, 0.05) is 25.1 Å². The summed E-state index contributed by atoms with van der Waals surface area (Å²) in [5.41, 5.74) is 1.40. The highest BCUT2D eigenvalue weighted by Crippen LogP contribution is 2.14. The predicted octanol–water partition coefficient (Wildman–Crippen LogP) is 1.59. The van der Waals surface area contributed by atoms with Gasteiger partial charge in [-0.05, 0) is 43.6 Å². The van der Waals surface area contributed by atoms with Crippen LogP contribution < -0.4 is 10.6 Å². The minimum absolute atomic E-state index is 0.0871. The van der Waals surface area contributed by atoms with Crippen molar-refractivity contribution in [1.82, 2.24) is 10.6 Å². The fraction of sp³-hybridized carbons (Fsp3) is 0.533. The first-order chi connectivity index (χ1) is 9.70. The average molecular weight is 280 g/mol. The Morgan fingerprint density at radius 3 is 2.90 bits per heavy atom. The molecule has 1 heterocycles. The van der Waals surface area contributed by atoms with E-state index in [-0.39, 0.29) is 24.2 Å². The van der Waals surface area contributed by atoms with E-state index in [1.54, 1.807) is 12.1 Å². The molecule has 1 amide bonds. The maximum absolute atomic E-state index is 13.5. The first-order valence-electron chi connectivity index (χ1n) is 6.95. The molecule has 1 fully saturated rings. The zero-order valence-corrected chi connectivity index (χ0v) is 11.7. The van der Waals surface area contributed by atoms with Crippen LogP contribution in [0.5, 0.6) is 0 Å². The number of rotatable bonds is 5. The lowest BCUT2D eigenvalue weighted by Crippen LogP contribution is -2.37. The van der Waals surface area contributed by atoms with Crippen molar-refractivity contribution in [3.8, 4) is 0 Å². The van der Waals surface area contributed by atoms with Crippen LogP contribution >= 0.6 is 0 Å². The smallest absolute Gasteiger partial charge is 0.223 e. The number of hydrogen-bond acceptors (Lipinski definition) is 3. The Morgan fingerprint density at radius 1 is 1.45 bits per heavy atom. The number of ether oxygens (including phenoxy) is 1. The Bertz CT molecular complexity index is 459. The van der Waals surface area contributed by atoms with Crippen molar-refractivity contribution >= 4 is 5.91 Å². The Kier molecular flexibility index (Phi) is 5.49. The van der Waals surface area contributed by atoms with Crippen molar-refractivity contribution in [3.05, 3.63) is 35.1 Å². The summed E-state index contributed by atoms with van der Waals surface area (Å²) >= 11 is 0. The molecular formula is C15H21FN2O2. The van der Waals surface area contributed by atoms with E-state index >= 15 is 0 Å². The molecule has 2 rings (SSSR count). The number of nitrogens with one attached hydrogen (secondary N) is 2. The van der Waals surface area contributed by atoms with Gasteiger partial charge in [-0.25, -0.2) is 4.39 Å². The molecule has 0 saturated carbocycles. The second-order valence-electron chi connectivity index (χ2n) is 5.10. The molecule has 0 aliphatic carbocycles. The van der Waals surface area contributed by atoms with Crippen LogP contribution in [0.25, 0.3) is 0 Å². The molecule has 0 aromatic heterocycles. The van der Waals surface area contributed by atoms with Gasteiger partial charge in [0.1, 0.15) is 5.82 Å². The Balaban J connectivity index is 1.89. The fourth-order valence-corrected chi connectivity index (χ4v) is 2.42. The van der Waals surface area contributed by atoms with Gasteiger partial charge in [-0.2, -0.15) is 0 Å². The minimum atomic E-state index is -0.278. The van der Waals surface area contributed by atoms with E-state index < -0.39 is 0 Å². The molecule has 20 heavy (non-hydrogen) atoms. The maximum atomic E-state index is 13.5. The lowest BCUT2D eigenvalue weighted by molar-refractivity contribution is -0.125. The number of benzene rings is 1. The normalized spacial score (nSPS) is 16.1. The SMILES string of the molecule is COCc1cc(CNC(=O)C2CCNCC2)ccc1F. The molecule has 0 atom stereocenters. The molecule has 0 unspecified atom stereocenters. The van der Waals surface area contributed by atoms with Crippen LogP contribution in [-0.2, 0) is 22.7 Å². The third kappa shape index (κ3) is 4.02. The van der Waals surface area contributed by atoms with E-state index in [2.05, 4.69) is 10.6 Å². The fourth-order valence-electron chi connectivity index (χ4n) is 2.42. The summed E-state index contributed by atoms with van der Waals surface area (Å²) in [5.74, 6) is -0.0976. The number of amides is 1. The van der Waals surface area contributed by atoms with Gasteiger partial charge in [-0.15, -0.1) is 0 Å². The molecule has 1 aliphatic rings. The highest BCUT2D eigenvalue weighted by molar-refractivity contribution is 5.78. The largest absolute Gasteiger partial charge is 0.380 e. The average Bonchev–Trinajstić information content (AvgIpc) is 2.49. The quantitative estimate of drug-likeness (QED) is 0.861. The second-order valence-corrected chi connectivity index (χ2v) is 5.10. The van der Waals surface area contributed by atoms with Gasteiger partial charge in [0.05, 0.1) is 6.61 Å². The molecule has 5 heteroatoms. The Hall–Kier alpha value is -1.46. The van der Waals surface area contributed by atoms with Gasteiger partial charge < -0.3 is 15.4 Å². The van der Waals surface area contributed by atoms with Crippen LogP contribution in [0.3, 0.4) is 0 Å². The number of methoxy groups -OCH3 is 1. The van der Waals surface area contributed by atoms with E-state index in [9.17, 15) is 9.18 Å². The third-order valence-corrected chi connectivity index (χ3v) is 3.59. The summed E-state index contributed by atoms with van der Waals surface area (Å²) in [6, 6.07) is 4.85. The first-order valence-corrected chi connectivity index (χ1v) is 6.95. The summed E-state index contributed by atoms with van der Waals surface area (Å²) in [6.45, 7) is 2.46. The van der Waals surface area contributed by atoms with Crippen LogP contribution in [0.15, 0.2) is 18.2 Å². The van der Waals surface area contributed by atoms with Gasteiger partial charge in [-0.1, -0.05) is 6.07 Å². The van der Waals surface area contributed by atoms with Crippen LogP contribution in [0.1, 0.15) is 24.0 Å². The van der Waals surface area contributed by atoms with Gasteiger partial charge >= 0.3 is 0 Å². The molecule has 2 N–H and O–H groups in total. The molecule has 1 saturated heterocycles. The molecule has 0 spiro atoms. The lowest BCUT2D eigenvalue weighted by atomic mass is 9.97. The van der Waals surface area contributed by atoms with Crippen LogP contribution in [0.2, 0.25) is 0 Å². The zero-order valence-electron chi connectivity index (χ0n) is 11.7. The van der Waals surface area contributed by atoms with E-state index in [1.165, 1.54) is 13.2 Å². The molecule has 1 aromatic rings. The molecule has 0 bridgehead atoms. The van der Waals surface area contributed by atoms with Gasteiger partial charge in [0.2, 0.25) is 5.91 Å². The summed E-state index contributed by atoms with van der Waals surface area (Å²) in [7, 11) is 1.53. The van der Waals surface area contributed by atoms with Gasteiger partial charge in [0.15, 0.2) is 0 Å². The lowest BCUT2D eigenvalue weighted by Gasteiger charge is -2.21. The molecular weight excluding hydrogens is 259 g/mol. The minimum Gasteiger partial charge on any atom is -0.380 e. The predicted molar refractivity (Wildman–Crippen MR) is 74.6 cm³/mol. The summed E-state index contributed by atoms with van der Waals surface area (Å²) < 4.78 is 18.4.